The maximum atomic E-state index is 12.8. The van der Waals surface area contributed by atoms with Crippen molar-refractivity contribution >= 4 is 15.9 Å². The number of rotatable bonds is 5. The van der Waals surface area contributed by atoms with Crippen LogP contribution in [0.2, 0.25) is 0 Å². The summed E-state index contributed by atoms with van der Waals surface area (Å²) in [4.78, 5) is 0. The molecule has 0 aromatic carbocycles. The molecule has 0 aliphatic rings. The van der Waals surface area contributed by atoms with E-state index in [4.69, 9.17) is 0 Å². The maximum absolute atomic E-state index is 12.8. The van der Waals surface area contributed by atoms with Gasteiger partial charge in [0.1, 0.15) is 0 Å². The van der Waals surface area contributed by atoms with E-state index in [-0.39, 0.29) is 0 Å². The molecule has 0 atom stereocenters. The van der Waals surface area contributed by atoms with Crippen LogP contribution in [-0.4, -0.2) is 37.6 Å². The molecule has 0 bridgehead atoms. The second kappa shape index (κ2) is 5.21. The summed E-state index contributed by atoms with van der Waals surface area (Å²) in [6.45, 7) is 3.39. The van der Waals surface area contributed by atoms with Crippen molar-refractivity contribution in [3.63, 3.8) is 0 Å². The van der Waals surface area contributed by atoms with Gasteiger partial charge in [0.2, 0.25) is 0 Å². The van der Waals surface area contributed by atoms with Crippen molar-refractivity contribution in [3.05, 3.63) is 6.92 Å². The summed E-state index contributed by atoms with van der Waals surface area (Å²) in [5.74, 6) is -15.6. The SMILES string of the molecule is [CH]C(F)(F)C(F)(F)C(F)(F)S(=O)(=O)/N=C(\[O-])CC(F)(F)F. The Morgan fingerprint density at radius 3 is 1.67 bits per heavy atom. The summed E-state index contributed by atoms with van der Waals surface area (Å²) < 4.78 is 133. The van der Waals surface area contributed by atoms with E-state index >= 15 is 0 Å². The van der Waals surface area contributed by atoms with Crippen LogP contribution in [0, 0.1) is 6.92 Å². The summed E-state index contributed by atoms with van der Waals surface area (Å²) in [6.07, 6.45) is -8.06. The van der Waals surface area contributed by atoms with E-state index in [1.54, 1.807) is 0 Å². The Bertz CT molecular complexity index is 516. The fraction of sp³-hybridized carbons (Fsp3) is 0.714. The topological polar surface area (TPSA) is 69.6 Å². The predicted molar refractivity (Wildman–Crippen MR) is 46.2 cm³/mol. The highest BCUT2D eigenvalue weighted by Crippen LogP contribution is 2.48. The largest absolute Gasteiger partial charge is 0.861 e. The van der Waals surface area contributed by atoms with Crippen LogP contribution in [0.4, 0.5) is 39.5 Å². The molecular formula is C7H3F9NO3S-. The van der Waals surface area contributed by atoms with Crippen molar-refractivity contribution in [1.29, 1.82) is 0 Å². The van der Waals surface area contributed by atoms with Gasteiger partial charge in [-0.15, -0.1) is 0 Å². The van der Waals surface area contributed by atoms with Gasteiger partial charge >= 0.3 is 33.3 Å². The Morgan fingerprint density at radius 2 is 1.38 bits per heavy atom. The summed E-state index contributed by atoms with van der Waals surface area (Å²) >= 11 is 0. The molecule has 0 aromatic rings. The van der Waals surface area contributed by atoms with E-state index < -0.39 is 45.6 Å². The molecule has 0 saturated carbocycles. The standard InChI is InChI=1S/C7H4F9NO3S/c1-4(8,9)6(13,14)7(15,16)21(19,20)17-3(18)2-5(10,11)12/h1H,2H2,(H,17,18)/p-1. The van der Waals surface area contributed by atoms with E-state index in [0.29, 0.717) is 0 Å². The molecule has 0 saturated heterocycles. The summed E-state index contributed by atoms with van der Waals surface area (Å²) in [5.41, 5.74) is 0. The highest BCUT2D eigenvalue weighted by molar-refractivity contribution is 7.91. The molecule has 124 valence electrons. The third-order valence-electron chi connectivity index (χ3n) is 1.68. The van der Waals surface area contributed by atoms with Gasteiger partial charge in [-0.05, 0) is 5.90 Å². The van der Waals surface area contributed by atoms with Gasteiger partial charge < -0.3 is 5.11 Å². The van der Waals surface area contributed by atoms with Crippen LogP contribution in [-0.2, 0) is 10.0 Å². The van der Waals surface area contributed by atoms with Crippen LogP contribution < -0.4 is 5.11 Å². The van der Waals surface area contributed by atoms with E-state index in [0.717, 1.165) is 0 Å². The molecule has 0 rings (SSSR count). The molecule has 0 aliphatic heterocycles. The molecule has 0 N–H and O–H groups in total. The number of hydrogen-bond donors (Lipinski definition) is 0. The van der Waals surface area contributed by atoms with E-state index in [9.17, 15) is 53.0 Å². The molecule has 0 amide bonds. The third kappa shape index (κ3) is 4.14. The lowest BCUT2D eigenvalue weighted by molar-refractivity contribution is -0.260. The van der Waals surface area contributed by atoms with Gasteiger partial charge in [0, 0.05) is 6.92 Å². The Hall–Kier alpha value is -1.21. The molecule has 0 spiro atoms. The zero-order valence-corrected chi connectivity index (χ0v) is 10.1. The van der Waals surface area contributed by atoms with E-state index in [2.05, 4.69) is 6.92 Å². The smallest absolute Gasteiger partial charge is 0.433 e. The summed E-state index contributed by atoms with van der Waals surface area (Å²) in [5, 5.41) is 3.73. The Labute approximate surface area is 111 Å². The molecule has 0 aromatic heterocycles. The molecule has 2 radical (unpaired) electrons. The van der Waals surface area contributed by atoms with Crippen LogP contribution in [0.25, 0.3) is 0 Å². The van der Waals surface area contributed by atoms with Crippen LogP contribution >= 0.6 is 0 Å². The monoisotopic (exact) mass is 352 g/mol. The fourth-order valence-corrected chi connectivity index (χ4v) is 1.66. The van der Waals surface area contributed by atoms with Crippen molar-refractivity contribution < 1.29 is 53.0 Å². The van der Waals surface area contributed by atoms with Crippen molar-refractivity contribution in [2.24, 2.45) is 4.40 Å². The second-order valence-electron chi connectivity index (χ2n) is 3.47. The quantitative estimate of drug-likeness (QED) is 0.429. The van der Waals surface area contributed by atoms with E-state index in [1.165, 1.54) is 4.40 Å². The maximum Gasteiger partial charge on any atom is 0.433 e. The van der Waals surface area contributed by atoms with Crippen molar-refractivity contribution in [2.45, 2.75) is 29.7 Å². The first-order chi connectivity index (χ1) is 8.85. The van der Waals surface area contributed by atoms with Gasteiger partial charge in [-0.25, -0.2) is 0 Å². The normalized spacial score (nSPS) is 16.2. The summed E-state index contributed by atoms with van der Waals surface area (Å²) in [7, 11) is -7.04. The zero-order chi connectivity index (χ0) is 17.5. The first-order valence-electron chi connectivity index (χ1n) is 4.34. The Morgan fingerprint density at radius 1 is 1.00 bits per heavy atom. The lowest BCUT2D eigenvalue weighted by Crippen LogP contribution is -2.56. The molecule has 0 heterocycles. The Balaban J connectivity index is 5.77. The molecule has 0 aliphatic carbocycles. The number of sulfonamides is 1. The minimum Gasteiger partial charge on any atom is -0.861 e. The highest BCUT2D eigenvalue weighted by Gasteiger charge is 2.76. The van der Waals surface area contributed by atoms with Crippen LogP contribution in [0.5, 0.6) is 0 Å². The van der Waals surface area contributed by atoms with Gasteiger partial charge in [0.05, 0.1) is 6.42 Å². The average Bonchev–Trinajstić information content (AvgIpc) is 2.10. The van der Waals surface area contributed by atoms with Gasteiger partial charge in [0.25, 0.3) is 0 Å². The van der Waals surface area contributed by atoms with Gasteiger partial charge in [-0.3, -0.25) is 0 Å². The Kier molecular flexibility index (Phi) is 4.91. The van der Waals surface area contributed by atoms with Crippen LogP contribution in [0.3, 0.4) is 0 Å². The van der Waals surface area contributed by atoms with Crippen molar-refractivity contribution in [2.75, 3.05) is 0 Å². The predicted octanol–water partition coefficient (Wildman–Crippen LogP) is 1.60. The van der Waals surface area contributed by atoms with Crippen molar-refractivity contribution in [1.82, 2.24) is 0 Å². The molecule has 4 nitrogen and oxygen atoms in total. The summed E-state index contributed by atoms with van der Waals surface area (Å²) in [6, 6.07) is 0. The average molecular weight is 352 g/mol. The second-order valence-corrected chi connectivity index (χ2v) is 5.11. The number of halogens is 9. The molecule has 21 heavy (non-hydrogen) atoms. The third-order valence-corrected chi connectivity index (χ3v) is 3.03. The van der Waals surface area contributed by atoms with Crippen LogP contribution in [0.1, 0.15) is 6.42 Å². The lowest BCUT2D eigenvalue weighted by Gasteiger charge is -2.29. The number of nitrogens with zero attached hydrogens (tertiary/aromatic N) is 1. The highest BCUT2D eigenvalue weighted by atomic mass is 32.2. The minimum absolute atomic E-state index is 1.24. The molecular weight excluding hydrogens is 349 g/mol. The number of hydrogen-bond acceptors (Lipinski definition) is 3. The molecule has 14 heteroatoms. The van der Waals surface area contributed by atoms with Gasteiger partial charge in [-0.2, -0.15) is 52.3 Å². The number of alkyl halides is 9. The molecule has 0 unspecified atom stereocenters. The van der Waals surface area contributed by atoms with Crippen molar-refractivity contribution in [3.8, 4) is 0 Å². The fourth-order valence-electron chi connectivity index (χ4n) is 0.751. The molecule has 0 fully saturated rings. The first-order valence-corrected chi connectivity index (χ1v) is 5.78. The van der Waals surface area contributed by atoms with Gasteiger partial charge in [-0.1, -0.05) is 0 Å². The van der Waals surface area contributed by atoms with Gasteiger partial charge in [0.15, 0.2) is 0 Å². The minimum atomic E-state index is -7.04. The first kappa shape index (κ1) is 19.8. The zero-order valence-electron chi connectivity index (χ0n) is 9.27. The lowest BCUT2D eigenvalue weighted by atomic mass is 10.2. The van der Waals surface area contributed by atoms with Crippen LogP contribution in [0.15, 0.2) is 4.40 Å². The van der Waals surface area contributed by atoms with E-state index in [1.807, 2.05) is 0 Å².